The Morgan fingerprint density at radius 3 is 2.50 bits per heavy atom. The lowest BCUT2D eigenvalue weighted by Crippen LogP contribution is -2.36. The predicted molar refractivity (Wildman–Crippen MR) is 72.5 cm³/mol. The number of piperidine rings is 1. The standard InChI is InChI=1S/C15H23NO2/c1-13-2-4-14(5-3-13)12-16-8-6-15(7-9-16)18-11-10-17/h2-5,15,17H,6-12H2,1H3. The molecule has 1 N–H and O–H groups in total. The maximum Gasteiger partial charge on any atom is 0.0701 e. The smallest absolute Gasteiger partial charge is 0.0701 e. The van der Waals surface area contributed by atoms with E-state index in [1.165, 1.54) is 11.1 Å². The lowest BCUT2D eigenvalue weighted by Gasteiger charge is -2.31. The summed E-state index contributed by atoms with van der Waals surface area (Å²) in [4.78, 5) is 2.48. The van der Waals surface area contributed by atoms with Crippen LogP contribution < -0.4 is 0 Å². The minimum atomic E-state index is 0.129. The summed E-state index contributed by atoms with van der Waals surface area (Å²) in [5, 5.41) is 8.73. The zero-order valence-electron chi connectivity index (χ0n) is 11.1. The maximum atomic E-state index is 8.73. The molecule has 1 aliphatic rings. The summed E-state index contributed by atoms with van der Waals surface area (Å²) in [6, 6.07) is 8.77. The van der Waals surface area contributed by atoms with E-state index in [0.29, 0.717) is 12.7 Å². The molecular formula is C15H23NO2. The van der Waals surface area contributed by atoms with E-state index in [2.05, 4.69) is 36.1 Å². The first-order valence-corrected chi connectivity index (χ1v) is 6.78. The minimum absolute atomic E-state index is 0.129. The highest BCUT2D eigenvalue weighted by Gasteiger charge is 2.19. The molecule has 1 aromatic rings. The van der Waals surface area contributed by atoms with Crippen molar-refractivity contribution in [3.05, 3.63) is 35.4 Å². The van der Waals surface area contributed by atoms with Crippen molar-refractivity contribution in [2.45, 2.75) is 32.4 Å². The topological polar surface area (TPSA) is 32.7 Å². The van der Waals surface area contributed by atoms with E-state index in [9.17, 15) is 0 Å². The van der Waals surface area contributed by atoms with Crippen molar-refractivity contribution in [2.75, 3.05) is 26.3 Å². The van der Waals surface area contributed by atoms with E-state index in [4.69, 9.17) is 9.84 Å². The highest BCUT2D eigenvalue weighted by molar-refractivity contribution is 5.21. The number of benzene rings is 1. The Kier molecular flexibility index (Phi) is 5.17. The number of nitrogens with zero attached hydrogens (tertiary/aromatic N) is 1. The van der Waals surface area contributed by atoms with Crippen molar-refractivity contribution in [3.8, 4) is 0 Å². The van der Waals surface area contributed by atoms with E-state index >= 15 is 0 Å². The van der Waals surface area contributed by atoms with E-state index < -0.39 is 0 Å². The van der Waals surface area contributed by atoms with E-state index in [1.807, 2.05) is 0 Å². The summed E-state index contributed by atoms with van der Waals surface area (Å²) in [7, 11) is 0. The van der Waals surface area contributed by atoms with Crippen LogP contribution in [0.2, 0.25) is 0 Å². The average Bonchev–Trinajstić information content (AvgIpc) is 2.41. The van der Waals surface area contributed by atoms with Crippen molar-refractivity contribution in [1.29, 1.82) is 0 Å². The van der Waals surface area contributed by atoms with Crippen molar-refractivity contribution < 1.29 is 9.84 Å². The predicted octanol–water partition coefficient (Wildman–Crippen LogP) is 1.97. The quantitative estimate of drug-likeness (QED) is 0.866. The van der Waals surface area contributed by atoms with Gasteiger partial charge in [-0.3, -0.25) is 4.90 Å². The first kappa shape index (κ1) is 13.5. The second-order valence-corrected chi connectivity index (χ2v) is 5.06. The van der Waals surface area contributed by atoms with Gasteiger partial charge in [0.1, 0.15) is 0 Å². The largest absolute Gasteiger partial charge is 0.394 e. The highest BCUT2D eigenvalue weighted by Crippen LogP contribution is 2.16. The minimum Gasteiger partial charge on any atom is -0.394 e. The molecule has 3 nitrogen and oxygen atoms in total. The van der Waals surface area contributed by atoms with Gasteiger partial charge in [0, 0.05) is 19.6 Å². The normalized spacial score (nSPS) is 18.1. The number of rotatable bonds is 5. The molecule has 0 atom stereocenters. The number of aliphatic hydroxyl groups excluding tert-OH is 1. The van der Waals surface area contributed by atoms with Crippen LogP contribution >= 0.6 is 0 Å². The Morgan fingerprint density at radius 2 is 1.89 bits per heavy atom. The zero-order chi connectivity index (χ0) is 12.8. The fraction of sp³-hybridized carbons (Fsp3) is 0.600. The van der Waals surface area contributed by atoms with Crippen molar-refractivity contribution >= 4 is 0 Å². The van der Waals surface area contributed by atoms with Crippen LogP contribution in [0.4, 0.5) is 0 Å². The first-order chi connectivity index (χ1) is 8.78. The Balaban J connectivity index is 1.74. The van der Waals surface area contributed by atoms with Crippen LogP contribution in [0.5, 0.6) is 0 Å². The number of aliphatic hydroxyl groups is 1. The molecule has 3 heteroatoms. The average molecular weight is 249 g/mol. The molecule has 0 bridgehead atoms. The van der Waals surface area contributed by atoms with Gasteiger partial charge in [-0.05, 0) is 25.3 Å². The zero-order valence-corrected chi connectivity index (χ0v) is 11.1. The molecule has 18 heavy (non-hydrogen) atoms. The molecule has 0 radical (unpaired) electrons. The van der Waals surface area contributed by atoms with Crippen LogP contribution in [0.25, 0.3) is 0 Å². The molecule has 1 aliphatic heterocycles. The maximum absolute atomic E-state index is 8.73. The van der Waals surface area contributed by atoms with Gasteiger partial charge in [0.15, 0.2) is 0 Å². The van der Waals surface area contributed by atoms with Gasteiger partial charge in [0.05, 0.1) is 19.3 Å². The number of hydrogen-bond donors (Lipinski definition) is 1. The number of likely N-dealkylation sites (tertiary alicyclic amines) is 1. The van der Waals surface area contributed by atoms with Gasteiger partial charge in [-0.15, -0.1) is 0 Å². The lowest BCUT2D eigenvalue weighted by molar-refractivity contribution is -0.00901. The first-order valence-electron chi connectivity index (χ1n) is 6.78. The molecule has 1 heterocycles. The van der Waals surface area contributed by atoms with Gasteiger partial charge >= 0.3 is 0 Å². The Labute approximate surface area is 109 Å². The molecule has 1 fully saturated rings. The second-order valence-electron chi connectivity index (χ2n) is 5.06. The Hall–Kier alpha value is -0.900. The van der Waals surface area contributed by atoms with Gasteiger partial charge in [0.2, 0.25) is 0 Å². The Bertz CT molecular complexity index is 342. The van der Waals surface area contributed by atoms with E-state index in [-0.39, 0.29) is 6.61 Å². The van der Waals surface area contributed by atoms with Crippen LogP contribution in [0.1, 0.15) is 24.0 Å². The third-order valence-corrected chi connectivity index (χ3v) is 3.51. The molecule has 0 amide bonds. The monoisotopic (exact) mass is 249 g/mol. The second kappa shape index (κ2) is 6.88. The molecular weight excluding hydrogens is 226 g/mol. The highest BCUT2D eigenvalue weighted by atomic mass is 16.5. The summed E-state index contributed by atoms with van der Waals surface area (Å²) in [5.74, 6) is 0. The molecule has 0 aromatic heterocycles. The van der Waals surface area contributed by atoms with Crippen LogP contribution in [-0.4, -0.2) is 42.4 Å². The fourth-order valence-electron chi connectivity index (χ4n) is 2.41. The van der Waals surface area contributed by atoms with Crippen molar-refractivity contribution in [3.63, 3.8) is 0 Å². The van der Waals surface area contributed by atoms with Crippen molar-refractivity contribution in [1.82, 2.24) is 4.90 Å². The third kappa shape index (κ3) is 4.09. The van der Waals surface area contributed by atoms with Gasteiger partial charge < -0.3 is 9.84 Å². The van der Waals surface area contributed by atoms with Crippen molar-refractivity contribution in [2.24, 2.45) is 0 Å². The molecule has 100 valence electrons. The Morgan fingerprint density at radius 1 is 1.22 bits per heavy atom. The molecule has 0 spiro atoms. The van der Waals surface area contributed by atoms with Crippen LogP contribution in [-0.2, 0) is 11.3 Å². The molecule has 2 rings (SSSR count). The van der Waals surface area contributed by atoms with Gasteiger partial charge in [-0.2, -0.15) is 0 Å². The molecule has 0 saturated carbocycles. The summed E-state index contributed by atoms with van der Waals surface area (Å²) in [5.41, 5.74) is 2.70. The molecule has 0 unspecified atom stereocenters. The summed E-state index contributed by atoms with van der Waals surface area (Å²) in [6.45, 7) is 5.93. The SMILES string of the molecule is Cc1ccc(CN2CCC(OCCO)CC2)cc1. The molecule has 0 aliphatic carbocycles. The summed E-state index contributed by atoms with van der Waals surface area (Å²) < 4.78 is 5.57. The number of aryl methyl sites for hydroxylation is 1. The van der Waals surface area contributed by atoms with E-state index in [0.717, 1.165) is 32.5 Å². The van der Waals surface area contributed by atoms with Crippen LogP contribution in [0.3, 0.4) is 0 Å². The number of ether oxygens (including phenoxy) is 1. The third-order valence-electron chi connectivity index (χ3n) is 3.51. The van der Waals surface area contributed by atoms with Crippen LogP contribution in [0.15, 0.2) is 24.3 Å². The van der Waals surface area contributed by atoms with Gasteiger partial charge in [0.25, 0.3) is 0 Å². The fourth-order valence-corrected chi connectivity index (χ4v) is 2.41. The number of hydrogen-bond acceptors (Lipinski definition) is 3. The van der Waals surface area contributed by atoms with E-state index in [1.54, 1.807) is 0 Å². The summed E-state index contributed by atoms with van der Waals surface area (Å²) in [6.07, 6.45) is 2.49. The van der Waals surface area contributed by atoms with Gasteiger partial charge in [-0.25, -0.2) is 0 Å². The van der Waals surface area contributed by atoms with Crippen LogP contribution in [0, 0.1) is 6.92 Å². The molecule has 1 saturated heterocycles. The summed E-state index contributed by atoms with van der Waals surface area (Å²) >= 11 is 0. The van der Waals surface area contributed by atoms with Gasteiger partial charge in [-0.1, -0.05) is 29.8 Å². The molecule has 1 aromatic carbocycles. The lowest BCUT2D eigenvalue weighted by atomic mass is 10.1.